The quantitative estimate of drug-likeness (QED) is 0.750. The molecule has 0 radical (unpaired) electrons. The fourth-order valence-electron chi connectivity index (χ4n) is 3.26. The Morgan fingerprint density at radius 2 is 1.96 bits per heavy atom. The van der Waals surface area contributed by atoms with Crippen molar-refractivity contribution in [1.82, 2.24) is 9.80 Å². The molecule has 1 heterocycles. The normalized spacial score (nSPS) is 14.9. The topological polar surface area (TPSA) is 49.9 Å². The van der Waals surface area contributed by atoms with Gasteiger partial charge in [-0.1, -0.05) is 12.5 Å². The predicted molar refractivity (Wildman–Crippen MR) is 103 cm³/mol. The molecule has 0 N–H and O–H groups in total. The molecule has 0 bridgehead atoms. The minimum Gasteiger partial charge on any atom is -0.491 e. The van der Waals surface area contributed by atoms with Crippen LogP contribution in [0.2, 0.25) is 0 Å². The summed E-state index contributed by atoms with van der Waals surface area (Å²) in [6.45, 7) is 8.50. The van der Waals surface area contributed by atoms with E-state index >= 15 is 0 Å². The second-order valence-corrected chi connectivity index (χ2v) is 7.31. The average molecular weight is 360 g/mol. The van der Waals surface area contributed by atoms with Crippen molar-refractivity contribution in [3.8, 4) is 5.75 Å². The van der Waals surface area contributed by atoms with Gasteiger partial charge in [0.1, 0.15) is 12.4 Å². The van der Waals surface area contributed by atoms with Crippen LogP contribution in [0.5, 0.6) is 5.75 Å². The van der Waals surface area contributed by atoms with Gasteiger partial charge in [-0.2, -0.15) is 0 Å². The molecule has 1 saturated heterocycles. The van der Waals surface area contributed by atoms with E-state index in [-0.39, 0.29) is 11.8 Å². The van der Waals surface area contributed by atoms with Crippen molar-refractivity contribution in [3.63, 3.8) is 0 Å². The molecule has 1 aliphatic rings. The van der Waals surface area contributed by atoms with Crippen molar-refractivity contribution in [2.75, 3.05) is 33.3 Å². The van der Waals surface area contributed by atoms with Gasteiger partial charge in [-0.15, -0.1) is 0 Å². The van der Waals surface area contributed by atoms with Gasteiger partial charge in [0.15, 0.2) is 0 Å². The van der Waals surface area contributed by atoms with Gasteiger partial charge in [-0.3, -0.25) is 9.59 Å². The minimum absolute atomic E-state index is 0.0581. The first kappa shape index (κ1) is 20.3. The Bertz CT molecular complexity index is 642. The molecular formula is C21H32N2O3. The van der Waals surface area contributed by atoms with Crippen LogP contribution in [0.4, 0.5) is 0 Å². The first-order valence-electron chi connectivity index (χ1n) is 9.61. The van der Waals surface area contributed by atoms with Crippen molar-refractivity contribution in [2.24, 2.45) is 0 Å². The minimum atomic E-state index is 0.0581. The lowest BCUT2D eigenvalue weighted by molar-refractivity contribution is -0.133. The van der Waals surface area contributed by atoms with E-state index in [1.165, 1.54) is 11.1 Å². The summed E-state index contributed by atoms with van der Waals surface area (Å²) in [7, 11) is 1.80. The Labute approximate surface area is 157 Å². The molecule has 5 heteroatoms. The molecule has 0 unspecified atom stereocenters. The summed E-state index contributed by atoms with van der Waals surface area (Å²) in [5.74, 6) is 1.13. The van der Waals surface area contributed by atoms with Crippen molar-refractivity contribution in [1.29, 1.82) is 0 Å². The second-order valence-electron chi connectivity index (χ2n) is 7.31. The number of carbonyl (C=O) groups is 2. The zero-order valence-corrected chi connectivity index (χ0v) is 16.6. The maximum Gasteiger partial charge on any atom is 0.224 e. The summed E-state index contributed by atoms with van der Waals surface area (Å²) in [4.78, 5) is 27.9. The molecule has 26 heavy (non-hydrogen) atoms. The number of benzene rings is 1. The smallest absolute Gasteiger partial charge is 0.224 e. The van der Waals surface area contributed by atoms with Crippen molar-refractivity contribution in [3.05, 3.63) is 28.8 Å². The fourth-order valence-corrected chi connectivity index (χ4v) is 3.26. The van der Waals surface area contributed by atoms with Gasteiger partial charge in [-0.05, 0) is 56.4 Å². The predicted octanol–water partition coefficient (Wildman–Crippen LogP) is 3.24. The molecule has 2 amide bonds. The SMILES string of the molecule is Cc1cc(C)c(C)c(OCCN(C)C(=O)CCN2CCCCCC2=O)c1. The van der Waals surface area contributed by atoms with E-state index in [0.29, 0.717) is 32.5 Å². The van der Waals surface area contributed by atoms with Gasteiger partial charge >= 0.3 is 0 Å². The van der Waals surface area contributed by atoms with Crippen LogP contribution in [0, 0.1) is 20.8 Å². The third kappa shape index (κ3) is 5.75. The number of hydrogen-bond acceptors (Lipinski definition) is 3. The van der Waals surface area contributed by atoms with Crippen molar-refractivity contribution in [2.45, 2.75) is 52.9 Å². The number of likely N-dealkylation sites (N-methyl/N-ethyl adjacent to an activating group) is 1. The summed E-state index contributed by atoms with van der Waals surface area (Å²) in [6.07, 6.45) is 4.11. The summed E-state index contributed by atoms with van der Waals surface area (Å²) in [5, 5.41) is 0. The van der Waals surface area contributed by atoms with E-state index < -0.39 is 0 Å². The lowest BCUT2D eigenvalue weighted by atomic mass is 10.1. The highest BCUT2D eigenvalue weighted by atomic mass is 16.5. The molecule has 1 aliphatic heterocycles. The van der Waals surface area contributed by atoms with Gasteiger partial charge < -0.3 is 14.5 Å². The standard InChI is InChI=1S/C21H32N2O3/c1-16-14-17(2)18(3)19(15-16)26-13-12-22(4)20(24)9-11-23-10-7-5-6-8-21(23)25/h14-15H,5-13H2,1-4H3. The van der Waals surface area contributed by atoms with Crippen molar-refractivity contribution >= 4 is 11.8 Å². The van der Waals surface area contributed by atoms with E-state index in [1.807, 2.05) is 11.0 Å². The van der Waals surface area contributed by atoms with E-state index in [0.717, 1.165) is 37.1 Å². The number of ether oxygens (including phenoxy) is 1. The summed E-state index contributed by atoms with van der Waals surface area (Å²) < 4.78 is 5.89. The van der Waals surface area contributed by atoms with E-state index in [9.17, 15) is 9.59 Å². The Morgan fingerprint density at radius 1 is 1.19 bits per heavy atom. The first-order chi connectivity index (χ1) is 12.4. The Hall–Kier alpha value is -2.04. The highest BCUT2D eigenvalue weighted by Crippen LogP contribution is 2.23. The fraction of sp³-hybridized carbons (Fsp3) is 0.619. The number of amides is 2. The molecular weight excluding hydrogens is 328 g/mol. The highest BCUT2D eigenvalue weighted by Gasteiger charge is 2.18. The zero-order chi connectivity index (χ0) is 19.1. The van der Waals surface area contributed by atoms with Crippen molar-refractivity contribution < 1.29 is 14.3 Å². The highest BCUT2D eigenvalue weighted by molar-refractivity contribution is 5.79. The summed E-state index contributed by atoms with van der Waals surface area (Å²) in [6, 6.07) is 4.18. The third-order valence-electron chi connectivity index (χ3n) is 5.14. The molecule has 0 aromatic heterocycles. The molecule has 0 spiro atoms. The molecule has 0 saturated carbocycles. The molecule has 2 rings (SSSR count). The summed E-state index contributed by atoms with van der Waals surface area (Å²) >= 11 is 0. The largest absolute Gasteiger partial charge is 0.491 e. The van der Waals surface area contributed by atoms with Crippen LogP contribution in [0.25, 0.3) is 0 Å². The second kappa shape index (κ2) is 9.60. The van der Waals surface area contributed by atoms with Gasteiger partial charge in [0.25, 0.3) is 0 Å². The first-order valence-corrected chi connectivity index (χ1v) is 9.61. The Morgan fingerprint density at radius 3 is 2.73 bits per heavy atom. The molecule has 0 aliphatic carbocycles. The number of hydrogen-bond donors (Lipinski definition) is 0. The van der Waals surface area contributed by atoms with E-state index in [4.69, 9.17) is 4.74 Å². The van der Waals surface area contributed by atoms with Gasteiger partial charge in [0.05, 0.1) is 6.54 Å². The van der Waals surface area contributed by atoms with Crippen LogP contribution in [-0.4, -0.2) is 54.9 Å². The number of rotatable bonds is 7. The lowest BCUT2D eigenvalue weighted by Gasteiger charge is -2.23. The lowest BCUT2D eigenvalue weighted by Crippen LogP contribution is -2.36. The Kier molecular flexibility index (Phi) is 7.49. The molecule has 0 atom stereocenters. The third-order valence-corrected chi connectivity index (χ3v) is 5.14. The molecule has 144 valence electrons. The number of nitrogens with zero attached hydrogens (tertiary/aromatic N) is 2. The maximum absolute atomic E-state index is 12.3. The zero-order valence-electron chi connectivity index (χ0n) is 16.6. The van der Waals surface area contributed by atoms with Crippen LogP contribution in [-0.2, 0) is 9.59 Å². The number of likely N-dealkylation sites (tertiary alicyclic amines) is 1. The monoisotopic (exact) mass is 360 g/mol. The van der Waals surface area contributed by atoms with E-state index in [1.54, 1.807) is 11.9 Å². The maximum atomic E-state index is 12.3. The Balaban J connectivity index is 1.76. The van der Waals surface area contributed by atoms with Gasteiger partial charge in [-0.25, -0.2) is 0 Å². The van der Waals surface area contributed by atoms with Crippen LogP contribution >= 0.6 is 0 Å². The van der Waals surface area contributed by atoms with E-state index in [2.05, 4.69) is 26.8 Å². The summed E-state index contributed by atoms with van der Waals surface area (Å²) in [5.41, 5.74) is 3.53. The average Bonchev–Trinajstić information content (AvgIpc) is 2.81. The van der Waals surface area contributed by atoms with Crippen LogP contribution < -0.4 is 4.74 Å². The van der Waals surface area contributed by atoms with Crippen LogP contribution in [0.15, 0.2) is 12.1 Å². The molecule has 5 nitrogen and oxygen atoms in total. The number of carbonyl (C=O) groups excluding carboxylic acids is 2. The molecule has 1 aromatic rings. The van der Waals surface area contributed by atoms with Crippen LogP contribution in [0.1, 0.15) is 48.8 Å². The molecule has 1 aromatic carbocycles. The van der Waals surface area contributed by atoms with Crippen LogP contribution in [0.3, 0.4) is 0 Å². The van der Waals surface area contributed by atoms with Gasteiger partial charge in [0.2, 0.25) is 11.8 Å². The number of aryl methyl sites for hydroxylation is 2. The molecule has 1 fully saturated rings. The van der Waals surface area contributed by atoms with Gasteiger partial charge in [0, 0.05) is 33.0 Å².